The van der Waals surface area contributed by atoms with Gasteiger partial charge in [0.25, 0.3) is 0 Å². The molecule has 1 heterocycles. The number of nitrogens with one attached hydrogen (secondary N) is 1. The Balaban J connectivity index is 2.06. The number of anilines is 1. The first kappa shape index (κ1) is 8.75. The molecule has 1 fully saturated rings. The van der Waals surface area contributed by atoms with Crippen LogP contribution >= 0.6 is 0 Å². The number of hydrogen-bond donors (Lipinski definition) is 1. The van der Waals surface area contributed by atoms with Crippen LogP contribution in [0.2, 0.25) is 0 Å². The predicted molar refractivity (Wildman–Crippen MR) is 47.1 cm³/mol. The predicted octanol–water partition coefficient (Wildman–Crippen LogP) is 1.23. The highest BCUT2D eigenvalue weighted by atomic mass is 16.5. The lowest BCUT2D eigenvalue weighted by atomic mass is 10.1. The van der Waals surface area contributed by atoms with Crippen molar-refractivity contribution in [1.29, 1.82) is 5.26 Å². The van der Waals surface area contributed by atoms with Crippen LogP contribution in [0, 0.1) is 23.7 Å². The number of nitrogens with zero attached hydrogens (tertiary/aromatic N) is 2. The third-order valence-corrected chi connectivity index (χ3v) is 2.27. The van der Waals surface area contributed by atoms with Crippen molar-refractivity contribution in [3.63, 3.8) is 0 Å². The normalized spacial score (nSPS) is 17.1. The van der Waals surface area contributed by atoms with Gasteiger partial charge in [-0.2, -0.15) is 5.26 Å². The van der Waals surface area contributed by atoms with Crippen LogP contribution in [0.3, 0.4) is 0 Å². The number of carbonyl (C=O) groups is 1. The van der Waals surface area contributed by atoms with Crippen LogP contribution in [0.15, 0.2) is 10.6 Å². The summed E-state index contributed by atoms with van der Waals surface area (Å²) in [4.78, 5) is 11.5. The highest BCUT2D eigenvalue weighted by Crippen LogP contribution is 2.45. The number of carbonyl (C=O) groups excluding carboxylic acids is 1. The maximum atomic E-state index is 11.5. The Morgan fingerprint density at radius 3 is 2.93 bits per heavy atom. The number of hydrogen-bond acceptors (Lipinski definition) is 4. The summed E-state index contributed by atoms with van der Waals surface area (Å²) >= 11 is 0. The lowest BCUT2D eigenvalue weighted by Crippen LogP contribution is -2.22. The van der Waals surface area contributed by atoms with E-state index in [0.29, 0.717) is 24.4 Å². The van der Waals surface area contributed by atoms with Crippen molar-refractivity contribution >= 4 is 11.7 Å². The van der Waals surface area contributed by atoms with Gasteiger partial charge in [-0.25, -0.2) is 0 Å². The second-order valence-corrected chi connectivity index (χ2v) is 3.47. The maximum absolute atomic E-state index is 11.5. The SMILES string of the molecule is Cc1cc(NC(=O)C2(C#N)CC2)no1. The van der Waals surface area contributed by atoms with E-state index in [-0.39, 0.29) is 5.91 Å². The molecule has 0 spiro atoms. The molecule has 1 aliphatic rings. The standard InChI is InChI=1S/C9H9N3O2/c1-6-4-7(12-14-6)11-8(13)9(5-10)2-3-9/h4H,2-3H2,1H3,(H,11,12,13). The van der Waals surface area contributed by atoms with Crippen molar-refractivity contribution in [2.75, 3.05) is 5.32 Å². The zero-order chi connectivity index (χ0) is 10.2. The first-order chi connectivity index (χ1) is 6.66. The topological polar surface area (TPSA) is 78.9 Å². The van der Waals surface area contributed by atoms with Gasteiger partial charge in [-0.1, -0.05) is 5.16 Å². The number of aromatic nitrogens is 1. The number of rotatable bonds is 2. The lowest BCUT2D eigenvalue weighted by molar-refractivity contribution is -0.119. The molecule has 1 aliphatic carbocycles. The van der Waals surface area contributed by atoms with Gasteiger partial charge in [0.2, 0.25) is 5.91 Å². The van der Waals surface area contributed by atoms with Gasteiger partial charge in [-0.05, 0) is 19.8 Å². The van der Waals surface area contributed by atoms with Crippen molar-refractivity contribution in [1.82, 2.24) is 5.16 Å². The minimum absolute atomic E-state index is 0.284. The van der Waals surface area contributed by atoms with Crippen molar-refractivity contribution in [3.8, 4) is 6.07 Å². The third kappa shape index (κ3) is 1.35. The maximum Gasteiger partial charge on any atom is 0.246 e. The van der Waals surface area contributed by atoms with Gasteiger partial charge < -0.3 is 9.84 Å². The fourth-order valence-electron chi connectivity index (χ4n) is 1.18. The molecule has 1 saturated carbocycles. The summed E-state index contributed by atoms with van der Waals surface area (Å²) in [7, 11) is 0. The molecule has 2 rings (SSSR count). The van der Waals surface area contributed by atoms with Gasteiger partial charge in [0, 0.05) is 6.07 Å². The van der Waals surface area contributed by atoms with E-state index in [1.807, 2.05) is 6.07 Å². The minimum atomic E-state index is -0.813. The van der Waals surface area contributed by atoms with Crippen LogP contribution in [-0.2, 0) is 4.79 Å². The largest absolute Gasteiger partial charge is 0.360 e. The summed E-state index contributed by atoms with van der Waals surface area (Å²) in [5.74, 6) is 0.712. The fourth-order valence-corrected chi connectivity index (χ4v) is 1.18. The molecule has 0 atom stereocenters. The highest BCUT2D eigenvalue weighted by molar-refractivity contribution is 5.98. The quantitative estimate of drug-likeness (QED) is 0.762. The number of aryl methyl sites for hydroxylation is 1. The number of amides is 1. The fraction of sp³-hybridized carbons (Fsp3) is 0.444. The molecule has 0 aliphatic heterocycles. The molecule has 5 nitrogen and oxygen atoms in total. The van der Waals surface area contributed by atoms with E-state index >= 15 is 0 Å². The van der Waals surface area contributed by atoms with Crippen LogP contribution < -0.4 is 5.32 Å². The van der Waals surface area contributed by atoms with Crippen molar-refractivity contribution < 1.29 is 9.32 Å². The monoisotopic (exact) mass is 191 g/mol. The van der Waals surface area contributed by atoms with Crippen LogP contribution in [0.5, 0.6) is 0 Å². The van der Waals surface area contributed by atoms with E-state index in [1.54, 1.807) is 13.0 Å². The number of nitriles is 1. The Hall–Kier alpha value is -1.83. The van der Waals surface area contributed by atoms with Gasteiger partial charge in [0.05, 0.1) is 6.07 Å². The highest BCUT2D eigenvalue weighted by Gasteiger charge is 2.50. The smallest absolute Gasteiger partial charge is 0.246 e. The van der Waals surface area contributed by atoms with Crippen molar-refractivity contribution in [2.45, 2.75) is 19.8 Å². The molecule has 0 radical (unpaired) electrons. The lowest BCUT2D eigenvalue weighted by Gasteiger charge is -2.03. The van der Waals surface area contributed by atoms with Crippen LogP contribution in [0.4, 0.5) is 5.82 Å². The van der Waals surface area contributed by atoms with Gasteiger partial charge >= 0.3 is 0 Å². The molecule has 5 heteroatoms. The summed E-state index contributed by atoms with van der Waals surface area (Å²) in [5.41, 5.74) is -0.813. The van der Waals surface area contributed by atoms with E-state index in [9.17, 15) is 4.79 Å². The van der Waals surface area contributed by atoms with E-state index in [0.717, 1.165) is 0 Å². The van der Waals surface area contributed by atoms with Crippen LogP contribution in [0.25, 0.3) is 0 Å². The summed E-state index contributed by atoms with van der Waals surface area (Å²) in [6, 6.07) is 3.63. The summed E-state index contributed by atoms with van der Waals surface area (Å²) in [6.07, 6.45) is 1.26. The Labute approximate surface area is 80.7 Å². The van der Waals surface area contributed by atoms with Crippen LogP contribution in [0.1, 0.15) is 18.6 Å². The molecule has 1 aromatic heterocycles. The van der Waals surface area contributed by atoms with E-state index in [2.05, 4.69) is 10.5 Å². The molecule has 1 aromatic rings. The Morgan fingerprint density at radius 1 is 1.79 bits per heavy atom. The molecule has 0 aromatic carbocycles. The third-order valence-electron chi connectivity index (χ3n) is 2.27. The summed E-state index contributed by atoms with van der Waals surface area (Å²) < 4.78 is 4.78. The van der Waals surface area contributed by atoms with Gasteiger partial charge in [0.1, 0.15) is 11.2 Å². The molecule has 0 saturated heterocycles. The first-order valence-electron chi connectivity index (χ1n) is 4.32. The van der Waals surface area contributed by atoms with E-state index in [1.165, 1.54) is 0 Å². The van der Waals surface area contributed by atoms with Crippen LogP contribution in [-0.4, -0.2) is 11.1 Å². The molecule has 14 heavy (non-hydrogen) atoms. The van der Waals surface area contributed by atoms with E-state index in [4.69, 9.17) is 9.78 Å². The van der Waals surface area contributed by atoms with Gasteiger partial charge in [-0.15, -0.1) is 0 Å². The molecular formula is C9H9N3O2. The molecule has 72 valence electrons. The van der Waals surface area contributed by atoms with Gasteiger partial charge in [-0.3, -0.25) is 4.79 Å². The Kier molecular flexibility index (Phi) is 1.78. The van der Waals surface area contributed by atoms with Crippen molar-refractivity contribution in [2.24, 2.45) is 5.41 Å². The summed E-state index contributed by atoms with van der Waals surface area (Å²) in [5, 5.41) is 14.9. The second-order valence-electron chi connectivity index (χ2n) is 3.47. The Morgan fingerprint density at radius 2 is 2.50 bits per heavy atom. The zero-order valence-electron chi connectivity index (χ0n) is 7.70. The molecule has 0 bridgehead atoms. The first-order valence-corrected chi connectivity index (χ1v) is 4.32. The zero-order valence-corrected chi connectivity index (χ0v) is 7.70. The molecule has 1 N–H and O–H groups in total. The Bertz CT molecular complexity index is 412. The van der Waals surface area contributed by atoms with Crippen molar-refractivity contribution in [3.05, 3.63) is 11.8 Å². The minimum Gasteiger partial charge on any atom is -0.360 e. The summed E-state index contributed by atoms with van der Waals surface area (Å²) in [6.45, 7) is 1.74. The van der Waals surface area contributed by atoms with E-state index < -0.39 is 5.41 Å². The molecule has 1 amide bonds. The average Bonchev–Trinajstić information content (AvgIpc) is 2.87. The molecule has 0 unspecified atom stereocenters. The average molecular weight is 191 g/mol. The molecular weight excluding hydrogens is 182 g/mol. The second kappa shape index (κ2) is 2.84. The van der Waals surface area contributed by atoms with Gasteiger partial charge in [0.15, 0.2) is 5.82 Å².